The van der Waals surface area contributed by atoms with E-state index in [1.54, 1.807) is 18.2 Å². The third-order valence-electron chi connectivity index (χ3n) is 1.96. The molecule has 1 heterocycles. The number of hydrogen-bond donors (Lipinski definition) is 1. The van der Waals surface area contributed by atoms with Gasteiger partial charge in [-0.15, -0.1) is 0 Å². The average Bonchev–Trinajstić information content (AvgIpc) is 2.35. The molecule has 6 heteroatoms. The van der Waals surface area contributed by atoms with E-state index < -0.39 is 0 Å². The minimum atomic E-state index is 0.257. The van der Waals surface area contributed by atoms with Crippen LogP contribution in [-0.4, -0.2) is 9.97 Å². The van der Waals surface area contributed by atoms with E-state index in [0.29, 0.717) is 21.6 Å². The third-order valence-corrected chi connectivity index (χ3v) is 2.52. The van der Waals surface area contributed by atoms with Gasteiger partial charge in [0, 0.05) is 5.02 Å². The van der Waals surface area contributed by atoms with Crippen LogP contribution in [0.2, 0.25) is 10.0 Å². The first kappa shape index (κ1) is 11.6. The molecule has 4 nitrogen and oxygen atoms in total. The van der Waals surface area contributed by atoms with Gasteiger partial charge in [0.25, 0.3) is 0 Å². The summed E-state index contributed by atoms with van der Waals surface area (Å²) >= 11 is 11.8. The molecule has 0 spiro atoms. The maximum absolute atomic E-state index is 8.59. The Hall–Kier alpha value is -1.83. The Kier molecular flexibility index (Phi) is 3.43. The van der Waals surface area contributed by atoms with Gasteiger partial charge in [0.05, 0.1) is 23.1 Å². The Balaban J connectivity index is 2.25. The molecule has 0 saturated carbocycles. The fourth-order valence-corrected chi connectivity index (χ4v) is 1.52. The van der Waals surface area contributed by atoms with Gasteiger partial charge in [0.15, 0.2) is 5.69 Å². The molecule has 0 aliphatic carbocycles. The summed E-state index contributed by atoms with van der Waals surface area (Å²) in [6.45, 7) is 0. The van der Waals surface area contributed by atoms with E-state index in [1.165, 1.54) is 12.4 Å². The molecule has 0 fully saturated rings. The molecular formula is C11H6Cl2N4. The number of anilines is 2. The molecule has 0 aliphatic heterocycles. The van der Waals surface area contributed by atoms with Crippen molar-refractivity contribution in [3.05, 3.63) is 46.3 Å². The first-order valence-corrected chi connectivity index (χ1v) is 5.39. The lowest BCUT2D eigenvalue weighted by Crippen LogP contribution is -1.96. The highest BCUT2D eigenvalue weighted by atomic mass is 35.5. The largest absolute Gasteiger partial charge is 0.338 e. The van der Waals surface area contributed by atoms with Crippen molar-refractivity contribution in [2.45, 2.75) is 0 Å². The summed E-state index contributed by atoms with van der Waals surface area (Å²) in [7, 11) is 0. The van der Waals surface area contributed by atoms with Gasteiger partial charge in [-0.05, 0) is 18.2 Å². The Morgan fingerprint density at radius 2 is 2.00 bits per heavy atom. The van der Waals surface area contributed by atoms with Crippen LogP contribution in [0.4, 0.5) is 11.5 Å². The van der Waals surface area contributed by atoms with E-state index in [2.05, 4.69) is 15.3 Å². The summed E-state index contributed by atoms with van der Waals surface area (Å²) < 4.78 is 0. The molecule has 0 aliphatic rings. The third kappa shape index (κ3) is 2.84. The summed E-state index contributed by atoms with van der Waals surface area (Å²) in [4.78, 5) is 7.90. The van der Waals surface area contributed by atoms with Crippen LogP contribution >= 0.6 is 23.2 Å². The van der Waals surface area contributed by atoms with Crippen molar-refractivity contribution in [2.75, 3.05) is 5.32 Å². The predicted molar refractivity (Wildman–Crippen MR) is 66.5 cm³/mol. The number of hydrogen-bond acceptors (Lipinski definition) is 4. The summed E-state index contributed by atoms with van der Waals surface area (Å²) in [5, 5.41) is 12.6. The topological polar surface area (TPSA) is 61.6 Å². The van der Waals surface area contributed by atoms with Gasteiger partial charge >= 0.3 is 0 Å². The van der Waals surface area contributed by atoms with Gasteiger partial charge in [-0.1, -0.05) is 23.2 Å². The smallest absolute Gasteiger partial charge is 0.158 e. The first-order chi connectivity index (χ1) is 8.19. The minimum Gasteiger partial charge on any atom is -0.338 e. The Bertz CT molecular complexity index is 575. The van der Waals surface area contributed by atoms with Crippen LogP contribution < -0.4 is 5.32 Å². The van der Waals surface area contributed by atoms with Crippen molar-refractivity contribution in [3.8, 4) is 6.07 Å². The van der Waals surface area contributed by atoms with Gasteiger partial charge in [-0.2, -0.15) is 5.26 Å². The van der Waals surface area contributed by atoms with Crippen molar-refractivity contribution in [1.82, 2.24) is 9.97 Å². The van der Waals surface area contributed by atoms with E-state index in [-0.39, 0.29) is 5.69 Å². The molecule has 1 aromatic carbocycles. The van der Waals surface area contributed by atoms with Crippen LogP contribution in [0.15, 0.2) is 30.6 Å². The normalized spacial score (nSPS) is 9.71. The van der Waals surface area contributed by atoms with Gasteiger partial charge in [0.2, 0.25) is 0 Å². The van der Waals surface area contributed by atoms with Gasteiger partial charge in [-0.3, -0.25) is 0 Å². The number of nitrogens with one attached hydrogen (secondary N) is 1. The second kappa shape index (κ2) is 5.00. The van der Waals surface area contributed by atoms with Crippen LogP contribution in [0.25, 0.3) is 0 Å². The van der Waals surface area contributed by atoms with Crippen LogP contribution in [0.1, 0.15) is 5.69 Å². The standard InChI is InChI=1S/C11H6Cl2N4/c12-7-1-2-9(13)10(3-7)17-11-6-15-8(4-14)5-16-11/h1-3,5-6H,(H,16,17). The molecule has 0 unspecified atom stereocenters. The highest BCUT2D eigenvalue weighted by molar-refractivity contribution is 6.35. The van der Waals surface area contributed by atoms with Crippen LogP contribution in [0, 0.1) is 11.3 Å². The maximum Gasteiger partial charge on any atom is 0.158 e. The number of aromatic nitrogens is 2. The molecule has 0 radical (unpaired) electrons. The fourth-order valence-electron chi connectivity index (χ4n) is 1.18. The quantitative estimate of drug-likeness (QED) is 0.903. The summed E-state index contributed by atoms with van der Waals surface area (Å²) in [5.41, 5.74) is 0.894. The van der Waals surface area contributed by atoms with Gasteiger partial charge < -0.3 is 5.32 Å². The van der Waals surface area contributed by atoms with E-state index in [0.717, 1.165) is 0 Å². The van der Waals surface area contributed by atoms with Crippen molar-refractivity contribution in [1.29, 1.82) is 5.26 Å². The molecule has 17 heavy (non-hydrogen) atoms. The zero-order valence-corrected chi connectivity index (χ0v) is 10.00. The summed E-state index contributed by atoms with van der Waals surface area (Å²) in [5.74, 6) is 0.494. The zero-order chi connectivity index (χ0) is 12.3. The van der Waals surface area contributed by atoms with Crippen molar-refractivity contribution in [3.63, 3.8) is 0 Å². The zero-order valence-electron chi connectivity index (χ0n) is 8.48. The fraction of sp³-hybridized carbons (Fsp3) is 0. The van der Waals surface area contributed by atoms with Crippen molar-refractivity contribution < 1.29 is 0 Å². The van der Waals surface area contributed by atoms with Gasteiger partial charge in [-0.25, -0.2) is 9.97 Å². The molecule has 0 saturated heterocycles. The number of benzene rings is 1. The Labute approximate surface area is 108 Å². The first-order valence-electron chi connectivity index (χ1n) is 4.63. The molecule has 1 N–H and O–H groups in total. The van der Waals surface area contributed by atoms with Crippen LogP contribution in [0.5, 0.6) is 0 Å². The van der Waals surface area contributed by atoms with Crippen LogP contribution in [0.3, 0.4) is 0 Å². The SMILES string of the molecule is N#Cc1cnc(Nc2cc(Cl)ccc2Cl)cn1. The second-order valence-corrected chi connectivity index (χ2v) is 3.99. The molecule has 1 aromatic heterocycles. The lowest BCUT2D eigenvalue weighted by molar-refractivity contribution is 1.16. The van der Waals surface area contributed by atoms with Crippen molar-refractivity contribution in [2.24, 2.45) is 0 Å². The molecule has 2 rings (SSSR count). The molecular weight excluding hydrogens is 259 g/mol. The Morgan fingerprint density at radius 1 is 1.18 bits per heavy atom. The lowest BCUT2D eigenvalue weighted by atomic mass is 10.3. The van der Waals surface area contributed by atoms with E-state index in [4.69, 9.17) is 28.5 Å². The van der Waals surface area contributed by atoms with Crippen LogP contribution in [-0.2, 0) is 0 Å². The minimum absolute atomic E-state index is 0.257. The number of rotatable bonds is 2. The van der Waals surface area contributed by atoms with E-state index >= 15 is 0 Å². The average molecular weight is 265 g/mol. The Morgan fingerprint density at radius 3 is 2.65 bits per heavy atom. The molecule has 84 valence electrons. The number of nitriles is 1. The predicted octanol–water partition coefficient (Wildman–Crippen LogP) is 3.40. The summed E-state index contributed by atoms with van der Waals surface area (Å²) in [6, 6.07) is 6.95. The number of nitrogens with zero attached hydrogens (tertiary/aromatic N) is 3. The lowest BCUT2D eigenvalue weighted by Gasteiger charge is -2.07. The van der Waals surface area contributed by atoms with E-state index in [9.17, 15) is 0 Å². The second-order valence-electron chi connectivity index (χ2n) is 3.15. The monoisotopic (exact) mass is 264 g/mol. The molecule has 2 aromatic rings. The maximum atomic E-state index is 8.59. The molecule has 0 atom stereocenters. The number of halogens is 2. The highest BCUT2D eigenvalue weighted by Gasteiger charge is 2.03. The highest BCUT2D eigenvalue weighted by Crippen LogP contribution is 2.27. The van der Waals surface area contributed by atoms with Gasteiger partial charge in [0.1, 0.15) is 11.9 Å². The summed E-state index contributed by atoms with van der Waals surface area (Å²) in [6.07, 6.45) is 2.83. The van der Waals surface area contributed by atoms with Crippen molar-refractivity contribution >= 4 is 34.7 Å². The molecule has 0 bridgehead atoms. The van der Waals surface area contributed by atoms with E-state index in [1.807, 2.05) is 6.07 Å². The molecule has 0 amide bonds.